The van der Waals surface area contributed by atoms with Gasteiger partial charge in [-0.2, -0.15) is 0 Å². The van der Waals surface area contributed by atoms with Gasteiger partial charge in [0.2, 0.25) is 0 Å². The van der Waals surface area contributed by atoms with E-state index in [4.69, 9.17) is 16.7 Å². The molecule has 0 saturated heterocycles. The zero-order chi connectivity index (χ0) is 12.3. The lowest BCUT2D eigenvalue weighted by Gasteiger charge is -2.19. The summed E-state index contributed by atoms with van der Waals surface area (Å²) in [5.41, 5.74) is 0.492. The Morgan fingerprint density at radius 1 is 1.44 bits per heavy atom. The second kappa shape index (κ2) is 4.66. The highest BCUT2D eigenvalue weighted by molar-refractivity contribution is 6.30. The molecule has 0 fully saturated rings. The third-order valence-corrected chi connectivity index (χ3v) is 2.30. The van der Waals surface area contributed by atoms with Crippen LogP contribution >= 0.6 is 11.6 Å². The maximum Gasteiger partial charge on any atom is 0.332 e. The highest BCUT2D eigenvalue weighted by Gasteiger charge is 2.23. The Kier molecular flexibility index (Phi) is 3.70. The molecule has 0 aromatic carbocycles. The fourth-order valence-corrected chi connectivity index (χ4v) is 1.33. The Balaban J connectivity index is 3.13. The van der Waals surface area contributed by atoms with E-state index in [1.54, 1.807) is 18.2 Å². The highest BCUT2D eigenvalue weighted by Crippen LogP contribution is 2.27. The number of pyridine rings is 1. The molecule has 0 aliphatic carbocycles. The van der Waals surface area contributed by atoms with Gasteiger partial charge in [-0.15, -0.1) is 0 Å². The van der Waals surface area contributed by atoms with Gasteiger partial charge < -0.3 is 5.11 Å². The van der Waals surface area contributed by atoms with E-state index >= 15 is 0 Å². The van der Waals surface area contributed by atoms with Crippen molar-refractivity contribution in [3.63, 3.8) is 0 Å². The average Bonchev–Trinajstić information content (AvgIpc) is 2.14. The first kappa shape index (κ1) is 12.7. The van der Waals surface area contributed by atoms with Crippen LogP contribution in [0.25, 0.3) is 6.08 Å². The molecule has 0 radical (unpaired) electrons. The number of carboxylic acids is 1. The monoisotopic (exact) mass is 239 g/mol. The molecule has 0 amide bonds. The number of carbonyl (C=O) groups is 1. The number of aliphatic carboxylic acids is 1. The van der Waals surface area contributed by atoms with Crippen molar-refractivity contribution >= 4 is 23.6 Å². The number of aromatic nitrogens is 1. The molecule has 1 aromatic rings. The van der Waals surface area contributed by atoms with E-state index in [1.165, 1.54) is 6.20 Å². The minimum absolute atomic E-state index is 0.322. The quantitative estimate of drug-likeness (QED) is 0.806. The van der Waals surface area contributed by atoms with E-state index in [1.807, 2.05) is 20.8 Å². The van der Waals surface area contributed by atoms with Gasteiger partial charge in [0, 0.05) is 11.8 Å². The van der Waals surface area contributed by atoms with Crippen molar-refractivity contribution < 1.29 is 9.90 Å². The minimum Gasteiger partial charge on any atom is -0.478 e. The van der Waals surface area contributed by atoms with Crippen molar-refractivity contribution in [2.75, 3.05) is 0 Å². The molecule has 0 unspecified atom stereocenters. The Morgan fingerprint density at radius 2 is 2.06 bits per heavy atom. The van der Waals surface area contributed by atoms with Crippen LogP contribution < -0.4 is 0 Å². The summed E-state index contributed by atoms with van der Waals surface area (Å²) in [6, 6.07) is 3.37. The average molecular weight is 240 g/mol. The van der Waals surface area contributed by atoms with Crippen LogP contribution in [0.4, 0.5) is 0 Å². The lowest BCUT2D eigenvalue weighted by atomic mass is 9.86. The molecule has 0 atom stereocenters. The van der Waals surface area contributed by atoms with Crippen LogP contribution in [0.2, 0.25) is 5.02 Å². The molecule has 1 N–H and O–H groups in total. The number of hydrogen-bond donors (Lipinski definition) is 1. The van der Waals surface area contributed by atoms with Crippen LogP contribution in [0.3, 0.4) is 0 Å². The summed E-state index contributed by atoms with van der Waals surface area (Å²) in [5.74, 6) is -0.927. The van der Waals surface area contributed by atoms with Gasteiger partial charge in [0.15, 0.2) is 0 Å². The van der Waals surface area contributed by atoms with Gasteiger partial charge in [0.1, 0.15) is 0 Å². The van der Waals surface area contributed by atoms with Crippen LogP contribution in [-0.2, 0) is 4.79 Å². The van der Waals surface area contributed by atoms with E-state index in [0.29, 0.717) is 16.3 Å². The van der Waals surface area contributed by atoms with E-state index in [0.717, 1.165) is 0 Å². The summed E-state index contributed by atoms with van der Waals surface area (Å²) in [4.78, 5) is 15.1. The first-order chi connectivity index (χ1) is 7.30. The van der Waals surface area contributed by atoms with Gasteiger partial charge in [0.05, 0.1) is 10.7 Å². The fraction of sp³-hybridized carbons (Fsp3) is 0.333. The zero-order valence-corrected chi connectivity index (χ0v) is 10.2. The third-order valence-electron chi connectivity index (χ3n) is 2.08. The first-order valence-corrected chi connectivity index (χ1v) is 5.25. The molecule has 0 saturated carbocycles. The molecule has 4 heteroatoms. The lowest BCUT2D eigenvalue weighted by Crippen LogP contribution is -2.17. The fourth-order valence-electron chi connectivity index (χ4n) is 1.22. The van der Waals surface area contributed by atoms with Gasteiger partial charge in [-0.3, -0.25) is 4.98 Å². The molecular weight excluding hydrogens is 226 g/mol. The minimum atomic E-state index is -0.927. The van der Waals surface area contributed by atoms with Gasteiger partial charge in [-0.1, -0.05) is 32.4 Å². The van der Waals surface area contributed by atoms with Crippen molar-refractivity contribution in [3.8, 4) is 0 Å². The summed E-state index contributed by atoms with van der Waals surface area (Å²) < 4.78 is 0. The number of carboxylic acid groups (broad SMARTS) is 1. The van der Waals surface area contributed by atoms with Gasteiger partial charge in [-0.05, 0) is 23.6 Å². The molecule has 0 bridgehead atoms. The van der Waals surface area contributed by atoms with Crippen molar-refractivity contribution in [2.45, 2.75) is 20.8 Å². The van der Waals surface area contributed by atoms with Gasteiger partial charge in [0.25, 0.3) is 0 Å². The summed E-state index contributed by atoms with van der Waals surface area (Å²) in [7, 11) is 0. The van der Waals surface area contributed by atoms with E-state index in [2.05, 4.69) is 4.98 Å². The molecule has 3 nitrogen and oxygen atoms in total. The molecular formula is C12H14ClNO2. The molecule has 16 heavy (non-hydrogen) atoms. The molecule has 1 aromatic heterocycles. The maximum absolute atomic E-state index is 11.1. The first-order valence-electron chi connectivity index (χ1n) is 4.88. The predicted octanol–water partition coefficient (Wildman–Crippen LogP) is 3.25. The van der Waals surface area contributed by atoms with Crippen LogP contribution in [0.5, 0.6) is 0 Å². The molecule has 1 rings (SSSR count). The van der Waals surface area contributed by atoms with Crippen molar-refractivity contribution in [1.82, 2.24) is 4.98 Å². The second-order valence-electron chi connectivity index (χ2n) is 4.51. The van der Waals surface area contributed by atoms with Crippen molar-refractivity contribution in [1.29, 1.82) is 0 Å². The molecule has 0 aliphatic rings. The van der Waals surface area contributed by atoms with Crippen molar-refractivity contribution in [2.24, 2.45) is 5.41 Å². The summed E-state index contributed by atoms with van der Waals surface area (Å²) >= 11 is 5.70. The largest absolute Gasteiger partial charge is 0.478 e. The lowest BCUT2D eigenvalue weighted by molar-refractivity contribution is -0.133. The number of hydrogen-bond acceptors (Lipinski definition) is 2. The maximum atomic E-state index is 11.1. The van der Waals surface area contributed by atoms with Crippen molar-refractivity contribution in [3.05, 3.63) is 34.6 Å². The normalized spacial score (nSPS) is 12.6. The predicted molar refractivity (Wildman–Crippen MR) is 64.3 cm³/mol. The number of halogens is 1. The molecule has 0 aliphatic heterocycles. The summed E-state index contributed by atoms with van der Waals surface area (Å²) in [6.07, 6.45) is 3.06. The number of nitrogens with zero attached hydrogens (tertiary/aromatic N) is 1. The smallest absolute Gasteiger partial charge is 0.332 e. The molecule has 86 valence electrons. The van der Waals surface area contributed by atoms with Crippen LogP contribution in [0.1, 0.15) is 26.5 Å². The van der Waals surface area contributed by atoms with E-state index in [9.17, 15) is 4.79 Å². The third kappa shape index (κ3) is 3.35. The highest BCUT2D eigenvalue weighted by atomic mass is 35.5. The standard InChI is InChI=1S/C12H14ClNO2/c1-12(2,3)10(11(15)16)6-9-5-4-8(13)7-14-9/h4-7H,1-3H3,(H,15,16)/b10-6-. The Morgan fingerprint density at radius 3 is 2.44 bits per heavy atom. The number of rotatable bonds is 2. The van der Waals surface area contributed by atoms with Crippen LogP contribution in [0, 0.1) is 5.41 Å². The van der Waals surface area contributed by atoms with E-state index < -0.39 is 11.4 Å². The van der Waals surface area contributed by atoms with E-state index in [-0.39, 0.29) is 0 Å². The van der Waals surface area contributed by atoms with Gasteiger partial charge in [-0.25, -0.2) is 4.79 Å². The Bertz CT molecular complexity index is 416. The molecule has 1 heterocycles. The SMILES string of the molecule is CC(C)(C)/C(=C\c1ccc(Cl)cn1)C(=O)O. The Labute approximate surface area is 99.8 Å². The summed E-state index contributed by atoms with van der Waals surface area (Å²) in [6.45, 7) is 5.55. The summed E-state index contributed by atoms with van der Waals surface area (Å²) in [5, 5.41) is 9.63. The van der Waals surface area contributed by atoms with Crippen LogP contribution in [0.15, 0.2) is 23.9 Å². The van der Waals surface area contributed by atoms with Gasteiger partial charge >= 0.3 is 5.97 Å². The topological polar surface area (TPSA) is 50.2 Å². The van der Waals surface area contributed by atoms with Crippen LogP contribution in [-0.4, -0.2) is 16.1 Å². The second-order valence-corrected chi connectivity index (χ2v) is 4.95. The zero-order valence-electron chi connectivity index (χ0n) is 9.49. The Hall–Kier alpha value is -1.35. The molecule has 0 spiro atoms.